The minimum atomic E-state index is -4.69. The number of aryl methyl sites for hydroxylation is 2. The Hall–Kier alpha value is -4.10. The Balaban J connectivity index is 1.61. The molecule has 0 aromatic heterocycles. The summed E-state index contributed by atoms with van der Waals surface area (Å²) in [6, 6.07) is 21.0. The molecule has 1 N–H and O–H groups in total. The van der Waals surface area contributed by atoms with Crippen molar-refractivity contribution >= 4 is 20.0 Å². The topological polar surface area (TPSA) is 107 Å². The lowest BCUT2D eigenvalue weighted by atomic mass is 10.1. The van der Waals surface area contributed by atoms with Crippen molar-refractivity contribution in [3.05, 3.63) is 102 Å². The fraction of sp³-hybridized carbons (Fsp3) is 0.0714. The molecule has 0 aliphatic carbocycles. The quantitative estimate of drug-likeness (QED) is 0.231. The molecule has 4 rings (SSSR count). The first-order valence-corrected chi connectivity index (χ1v) is 13.9. The van der Waals surface area contributed by atoms with Crippen LogP contribution in [0.4, 0.5) is 0 Å². The minimum absolute atomic E-state index is 0.0481. The van der Waals surface area contributed by atoms with Crippen LogP contribution in [0, 0.1) is 26.2 Å². The van der Waals surface area contributed by atoms with E-state index in [4.69, 9.17) is 15.9 Å². The molecule has 4 aromatic rings. The maximum Gasteiger partial charge on any atom is 0.298 e. The largest absolute Gasteiger partial charge is 0.457 e. The fourth-order valence-electron chi connectivity index (χ4n) is 3.53. The summed E-state index contributed by atoms with van der Waals surface area (Å²) in [7, 11) is -8.43. The standard InChI is InChI=1S/C28H22O7S2/c1-4-21-15-20(3)16-24(17-21)34-23-9-14-27(28(18-23)37(31,32)33)35-22-7-12-26(13-8-22)36(29,30)25-10-5-19(2)6-11-25/h1,5-18H,2-3H3,(H,31,32,33). The van der Waals surface area contributed by atoms with Crippen LogP contribution in [-0.4, -0.2) is 21.4 Å². The normalized spacial score (nSPS) is 11.5. The van der Waals surface area contributed by atoms with Gasteiger partial charge < -0.3 is 9.47 Å². The first kappa shape index (κ1) is 26.0. The first-order valence-electron chi connectivity index (χ1n) is 10.9. The van der Waals surface area contributed by atoms with Crippen molar-refractivity contribution in [1.82, 2.24) is 0 Å². The summed E-state index contributed by atoms with van der Waals surface area (Å²) in [5, 5.41) is 0. The molecular weight excluding hydrogens is 512 g/mol. The van der Waals surface area contributed by atoms with Gasteiger partial charge in [-0.25, -0.2) is 8.42 Å². The molecular formula is C28H22O7S2. The van der Waals surface area contributed by atoms with Crippen molar-refractivity contribution < 1.29 is 30.9 Å². The molecule has 0 radical (unpaired) electrons. The third-order valence-corrected chi connectivity index (χ3v) is 8.00. The summed E-state index contributed by atoms with van der Waals surface area (Å²) in [4.78, 5) is -0.322. The van der Waals surface area contributed by atoms with Crippen LogP contribution < -0.4 is 9.47 Å². The Kier molecular flexibility index (Phi) is 7.09. The number of terminal acetylenes is 1. The zero-order valence-corrected chi connectivity index (χ0v) is 21.5. The Bertz CT molecular complexity index is 1720. The second kappa shape index (κ2) is 10.1. The van der Waals surface area contributed by atoms with E-state index in [2.05, 4.69) is 5.92 Å². The van der Waals surface area contributed by atoms with E-state index >= 15 is 0 Å². The van der Waals surface area contributed by atoms with E-state index < -0.39 is 24.9 Å². The van der Waals surface area contributed by atoms with Crippen LogP contribution in [-0.2, 0) is 20.0 Å². The SMILES string of the molecule is C#Cc1cc(C)cc(Oc2ccc(Oc3ccc(S(=O)(=O)c4ccc(C)cc4)cc3)c(S(=O)(=O)O)c2)c1. The maximum atomic E-state index is 12.9. The van der Waals surface area contributed by atoms with E-state index in [0.29, 0.717) is 11.3 Å². The third kappa shape index (κ3) is 6.01. The molecule has 0 aliphatic heterocycles. The molecule has 0 saturated carbocycles. The van der Waals surface area contributed by atoms with Gasteiger partial charge in [0.25, 0.3) is 10.1 Å². The van der Waals surface area contributed by atoms with Gasteiger partial charge in [-0.15, -0.1) is 6.42 Å². The summed E-state index contributed by atoms with van der Waals surface area (Å²) in [6.07, 6.45) is 5.46. The number of sulfone groups is 1. The zero-order valence-electron chi connectivity index (χ0n) is 19.9. The predicted octanol–water partition coefficient (Wildman–Crippen LogP) is 5.95. The molecule has 188 valence electrons. The number of ether oxygens (including phenoxy) is 2. The molecule has 0 heterocycles. The summed E-state index contributed by atoms with van der Waals surface area (Å²) in [5.74, 6) is 3.04. The van der Waals surface area contributed by atoms with Crippen LogP contribution in [0.3, 0.4) is 0 Å². The third-order valence-electron chi connectivity index (χ3n) is 5.34. The van der Waals surface area contributed by atoms with Gasteiger partial charge in [0, 0.05) is 11.6 Å². The molecule has 7 nitrogen and oxygen atoms in total. The number of hydrogen-bond donors (Lipinski definition) is 1. The van der Waals surface area contributed by atoms with E-state index in [1.54, 1.807) is 30.3 Å². The van der Waals surface area contributed by atoms with Crippen molar-refractivity contribution in [3.8, 4) is 35.3 Å². The van der Waals surface area contributed by atoms with Crippen molar-refractivity contribution in [2.45, 2.75) is 28.5 Å². The average molecular weight is 535 g/mol. The molecule has 9 heteroatoms. The second-order valence-electron chi connectivity index (χ2n) is 8.25. The van der Waals surface area contributed by atoms with Crippen LogP contribution in [0.25, 0.3) is 0 Å². The lowest BCUT2D eigenvalue weighted by Crippen LogP contribution is -2.03. The lowest BCUT2D eigenvalue weighted by Gasteiger charge is -2.13. The Morgan fingerprint density at radius 1 is 0.676 bits per heavy atom. The van der Waals surface area contributed by atoms with Gasteiger partial charge in [-0.3, -0.25) is 4.55 Å². The van der Waals surface area contributed by atoms with Gasteiger partial charge in [-0.1, -0.05) is 23.6 Å². The fourth-order valence-corrected chi connectivity index (χ4v) is 5.42. The minimum Gasteiger partial charge on any atom is -0.457 e. The van der Waals surface area contributed by atoms with E-state index in [0.717, 1.165) is 17.2 Å². The Morgan fingerprint density at radius 3 is 1.86 bits per heavy atom. The molecule has 0 bridgehead atoms. The van der Waals surface area contributed by atoms with Gasteiger partial charge in [0.15, 0.2) is 0 Å². The Morgan fingerprint density at radius 2 is 1.27 bits per heavy atom. The average Bonchev–Trinajstić information content (AvgIpc) is 2.84. The van der Waals surface area contributed by atoms with Gasteiger partial charge in [0.1, 0.15) is 27.9 Å². The highest BCUT2D eigenvalue weighted by Crippen LogP contribution is 2.35. The van der Waals surface area contributed by atoms with Crippen molar-refractivity contribution in [3.63, 3.8) is 0 Å². The number of benzene rings is 4. The smallest absolute Gasteiger partial charge is 0.298 e. The summed E-state index contributed by atoms with van der Waals surface area (Å²) < 4.78 is 71.1. The molecule has 4 aromatic carbocycles. The van der Waals surface area contributed by atoms with E-state index in [-0.39, 0.29) is 27.0 Å². The lowest BCUT2D eigenvalue weighted by molar-refractivity contribution is 0.441. The number of rotatable bonds is 7. The molecule has 0 saturated heterocycles. The molecule has 0 spiro atoms. The summed E-state index contributed by atoms with van der Waals surface area (Å²) in [5.41, 5.74) is 2.39. The highest BCUT2D eigenvalue weighted by molar-refractivity contribution is 7.91. The van der Waals surface area contributed by atoms with Gasteiger partial charge >= 0.3 is 0 Å². The van der Waals surface area contributed by atoms with Gasteiger partial charge in [-0.05, 0) is 86.1 Å². The van der Waals surface area contributed by atoms with Crippen LogP contribution in [0.2, 0.25) is 0 Å². The van der Waals surface area contributed by atoms with Crippen molar-refractivity contribution in [2.24, 2.45) is 0 Å². The maximum absolute atomic E-state index is 12.9. The molecule has 0 aliphatic rings. The summed E-state index contributed by atoms with van der Waals surface area (Å²) >= 11 is 0. The summed E-state index contributed by atoms with van der Waals surface area (Å²) in [6.45, 7) is 3.70. The van der Waals surface area contributed by atoms with Gasteiger partial charge in [-0.2, -0.15) is 8.42 Å². The Labute approximate surface area is 216 Å². The highest BCUT2D eigenvalue weighted by Gasteiger charge is 2.21. The van der Waals surface area contributed by atoms with Crippen molar-refractivity contribution in [1.29, 1.82) is 0 Å². The first-order chi connectivity index (χ1) is 17.5. The number of hydrogen-bond acceptors (Lipinski definition) is 6. The van der Waals surface area contributed by atoms with E-state index in [1.807, 2.05) is 13.8 Å². The molecule has 37 heavy (non-hydrogen) atoms. The van der Waals surface area contributed by atoms with Crippen LogP contribution >= 0.6 is 0 Å². The zero-order chi connectivity index (χ0) is 26.8. The molecule has 0 fully saturated rings. The van der Waals surface area contributed by atoms with Gasteiger partial charge in [0.05, 0.1) is 9.79 Å². The molecule has 0 amide bonds. The van der Waals surface area contributed by atoms with E-state index in [1.165, 1.54) is 48.5 Å². The van der Waals surface area contributed by atoms with Crippen LogP contribution in [0.15, 0.2) is 99.6 Å². The van der Waals surface area contributed by atoms with Crippen LogP contribution in [0.5, 0.6) is 23.0 Å². The molecule has 0 unspecified atom stereocenters. The highest BCUT2D eigenvalue weighted by atomic mass is 32.2. The van der Waals surface area contributed by atoms with Crippen molar-refractivity contribution in [2.75, 3.05) is 0 Å². The molecule has 0 atom stereocenters. The van der Waals surface area contributed by atoms with Gasteiger partial charge in [0.2, 0.25) is 9.84 Å². The van der Waals surface area contributed by atoms with E-state index in [9.17, 15) is 21.4 Å². The monoisotopic (exact) mass is 534 g/mol. The van der Waals surface area contributed by atoms with Crippen LogP contribution in [0.1, 0.15) is 16.7 Å². The second-order valence-corrected chi connectivity index (χ2v) is 11.6. The predicted molar refractivity (Wildman–Crippen MR) is 139 cm³/mol.